The summed E-state index contributed by atoms with van der Waals surface area (Å²) in [5.41, 5.74) is 0. The van der Waals surface area contributed by atoms with Crippen molar-refractivity contribution in [3.63, 3.8) is 0 Å². The van der Waals surface area contributed by atoms with Crippen molar-refractivity contribution < 1.29 is 18.3 Å². The van der Waals surface area contributed by atoms with Gasteiger partial charge in [0.15, 0.2) is 0 Å². The molecule has 2 N–H and O–H groups in total. The summed E-state index contributed by atoms with van der Waals surface area (Å²) in [6.45, 7) is -0.162. The standard InChI is InChI=1S/C6H10F3NO/c7-6(8,9)4-1-2-5(11)10-3-4/h4-5,10-11H,1-3H2. The Bertz CT molecular complexity index is 128. The smallest absolute Gasteiger partial charge is 0.379 e. The molecule has 1 aliphatic heterocycles. The minimum atomic E-state index is -4.12. The fourth-order valence-electron chi connectivity index (χ4n) is 1.12. The van der Waals surface area contributed by atoms with E-state index in [2.05, 4.69) is 5.32 Å². The largest absolute Gasteiger partial charge is 0.393 e. The molecule has 1 rings (SSSR count). The van der Waals surface area contributed by atoms with Crippen LogP contribution in [-0.2, 0) is 0 Å². The van der Waals surface area contributed by atoms with E-state index in [0.717, 1.165) is 0 Å². The van der Waals surface area contributed by atoms with Crippen LogP contribution in [0.15, 0.2) is 0 Å². The molecule has 11 heavy (non-hydrogen) atoms. The Balaban J connectivity index is 2.39. The molecular weight excluding hydrogens is 159 g/mol. The summed E-state index contributed by atoms with van der Waals surface area (Å²) < 4.78 is 35.8. The molecule has 0 radical (unpaired) electrons. The molecule has 1 aliphatic rings. The average Bonchev–Trinajstić information content (AvgIpc) is 1.86. The molecule has 1 saturated heterocycles. The van der Waals surface area contributed by atoms with E-state index in [-0.39, 0.29) is 19.4 Å². The van der Waals surface area contributed by atoms with Crippen molar-refractivity contribution in [2.75, 3.05) is 6.54 Å². The Morgan fingerprint density at radius 3 is 2.27 bits per heavy atom. The molecule has 1 fully saturated rings. The van der Waals surface area contributed by atoms with Gasteiger partial charge in [-0.3, -0.25) is 5.32 Å². The maximum Gasteiger partial charge on any atom is 0.393 e. The van der Waals surface area contributed by atoms with E-state index in [9.17, 15) is 13.2 Å². The zero-order valence-electron chi connectivity index (χ0n) is 5.86. The molecule has 0 bridgehead atoms. The predicted octanol–water partition coefficient (Wildman–Crippen LogP) is 0.867. The van der Waals surface area contributed by atoms with E-state index >= 15 is 0 Å². The Morgan fingerprint density at radius 2 is 1.91 bits per heavy atom. The Labute approximate surface area is 62.4 Å². The summed E-state index contributed by atoms with van der Waals surface area (Å²) in [6, 6.07) is 0. The molecule has 0 aromatic heterocycles. The van der Waals surface area contributed by atoms with Gasteiger partial charge in [-0.1, -0.05) is 0 Å². The van der Waals surface area contributed by atoms with E-state index in [4.69, 9.17) is 5.11 Å². The first-order valence-corrected chi connectivity index (χ1v) is 3.48. The predicted molar refractivity (Wildman–Crippen MR) is 32.8 cm³/mol. The van der Waals surface area contributed by atoms with Crippen LogP contribution in [0.1, 0.15) is 12.8 Å². The first kappa shape index (κ1) is 8.80. The van der Waals surface area contributed by atoms with E-state index < -0.39 is 18.3 Å². The topological polar surface area (TPSA) is 32.3 Å². The third-order valence-corrected chi connectivity index (χ3v) is 1.85. The first-order valence-electron chi connectivity index (χ1n) is 3.48. The SMILES string of the molecule is OC1CCC(C(F)(F)F)CN1. The lowest BCUT2D eigenvalue weighted by Crippen LogP contribution is -2.43. The molecule has 2 atom stereocenters. The monoisotopic (exact) mass is 169 g/mol. The molecule has 1 heterocycles. The summed E-state index contributed by atoms with van der Waals surface area (Å²) in [4.78, 5) is 0. The number of rotatable bonds is 0. The van der Waals surface area contributed by atoms with Crippen molar-refractivity contribution in [2.24, 2.45) is 5.92 Å². The lowest BCUT2D eigenvalue weighted by atomic mass is 9.98. The highest BCUT2D eigenvalue weighted by molar-refractivity contribution is 4.76. The van der Waals surface area contributed by atoms with Gasteiger partial charge in [-0.25, -0.2) is 0 Å². The number of piperidine rings is 1. The molecule has 66 valence electrons. The van der Waals surface area contributed by atoms with Crippen LogP contribution in [0.3, 0.4) is 0 Å². The number of hydrogen-bond donors (Lipinski definition) is 2. The number of halogens is 3. The van der Waals surface area contributed by atoms with Crippen LogP contribution < -0.4 is 5.32 Å². The summed E-state index contributed by atoms with van der Waals surface area (Å²) >= 11 is 0. The van der Waals surface area contributed by atoms with Crippen LogP contribution in [0.2, 0.25) is 0 Å². The van der Waals surface area contributed by atoms with Crippen LogP contribution in [0.5, 0.6) is 0 Å². The second kappa shape index (κ2) is 2.98. The Kier molecular flexibility index (Phi) is 2.39. The van der Waals surface area contributed by atoms with E-state index in [0.29, 0.717) is 0 Å². The van der Waals surface area contributed by atoms with Gasteiger partial charge >= 0.3 is 6.18 Å². The maximum absolute atomic E-state index is 11.9. The minimum Gasteiger partial charge on any atom is -0.379 e. The van der Waals surface area contributed by atoms with Gasteiger partial charge in [0, 0.05) is 6.54 Å². The summed E-state index contributed by atoms with van der Waals surface area (Å²) in [5, 5.41) is 11.2. The van der Waals surface area contributed by atoms with Gasteiger partial charge in [0.1, 0.15) is 6.23 Å². The number of nitrogens with one attached hydrogen (secondary N) is 1. The Hall–Kier alpha value is -0.290. The fraction of sp³-hybridized carbons (Fsp3) is 1.00. The van der Waals surface area contributed by atoms with Crippen LogP contribution >= 0.6 is 0 Å². The van der Waals surface area contributed by atoms with Crippen molar-refractivity contribution in [3.8, 4) is 0 Å². The van der Waals surface area contributed by atoms with Gasteiger partial charge in [-0.15, -0.1) is 0 Å². The minimum absolute atomic E-state index is 0.0255. The molecule has 0 aromatic carbocycles. The quantitative estimate of drug-likeness (QED) is 0.563. The molecule has 2 unspecified atom stereocenters. The molecule has 0 aromatic rings. The molecule has 0 aliphatic carbocycles. The van der Waals surface area contributed by atoms with Gasteiger partial charge in [0.05, 0.1) is 5.92 Å². The van der Waals surface area contributed by atoms with Crippen molar-refractivity contribution in [1.29, 1.82) is 0 Å². The summed E-state index contributed by atoms with van der Waals surface area (Å²) in [6.07, 6.45) is -4.66. The van der Waals surface area contributed by atoms with Crippen LogP contribution in [0.25, 0.3) is 0 Å². The highest BCUT2D eigenvalue weighted by Crippen LogP contribution is 2.31. The van der Waals surface area contributed by atoms with Gasteiger partial charge in [-0.2, -0.15) is 13.2 Å². The molecule has 5 heteroatoms. The van der Waals surface area contributed by atoms with Crippen LogP contribution in [-0.4, -0.2) is 24.1 Å². The van der Waals surface area contributed by atoms with E-state index in [1.807, 2.05) is 0 Å². The third kappa shape index (κ3) is 2.34. The highest BCUT2D eigenvalue weighted by atomic mass is 19.4. The van der Waals surface area contributed by atoms with E-state index in [1.165, 1.54) is 0 Å². The van der Waals surface area contributed by atoms with Crippen LogP contribution in [0.4, 0.5) is 13.2 Å². The van der Waals surface area contributed by atoms with Crippen molar-refractivity contribution in [2.45, 2.75) is 25.2 Å². The summed E-state index contributed by atoms with van der Waals surface area (Å²) in [7, 11) is 0. The first-order chi connectivity index (χ1) is 5.00. The average molecular weight is 169 g/mol. The van der Waals surface area contributed by atoms with Gasteiger partial charge in [-0.05, 0) is 12.8 Å². The third-order valence-electron chi connectivity index (χ3n) is 1.85. The van der Waals surface area contributed by atoms with Crippen molar-refractivity contribution >= 4 is 0 Å². The molecule has 2 nitrogen and oxygen atoms in total. The maximum atomic E-state index is 11.9. The lowest BCUT2D eigenvalue weighted by molar-refractivity contribution is -0.183. The van der Waals surface area contributed by atoms with Gasteiger partial charge in [0.2, 0.25) is 0 Å². The molecular formula is C6H10F3NO. The molecule has 0 amide bonds. The number of alkyl halides is 3. The number of aliphatic hydroxyl groups is 1. The fourth-order valence-corrected chi connectivity index (χ4v) is 1.12. The highest BCUT2D eigenvalue weighted by Gasteiger charge is 2.41. The van der Waals surface area contributed by atoms with Gasteiger partial charge in [0.25, 0.3) is 0 Å². The zero-order valence-corrected chi connectivity index (χ0v) is 5.86. The second-order valence-corrected chi connectivity index (χ2v) is 2.74. The van der Waals surface area contributed by atoms with Crippen molar-refractivity contribution in [3.05, 3.63) is 0 Å². The molecule has 0 saturated carbocycles. The van der Waals surface area contributed by atoms with Crippen LogP contribution in [0, 0.1) is 5.92 Å². The molecule has 0 spiro atoms. The number of hydrogen-bond acceptors (Lipinski definition) is 2. The second-order valence-electron chi connectivity index (χ2n) is 2.74. The zero-order chi connectivity index (χ0) is 8.48. The van der Waals surface area contributed by atoms with E-state index in [1.54, 1.807) is 0 Å². The lowest BCUT2D eigenvalue weighted by Gasteiger charge is -2.28. The Morgan fingerprint density at radius 1 is 1.27 bits per heavy atom. The van der Waals surface area contributed by atoms with Gasteiger partial charge < -0.3 is 5.11 Å². The summed E-state index contributed by atoms with van der Waals surface area (Å²) in [5.74, 6) is -1.29. The van der Waals surface area contributed by atoms with Crippen molar-refractivity contribution in [1.82, 2.24) is 5.32 Å². The normalized spacial score (nSPS) is 33.8. The number of aliphatic hydroxyl groups excluding tert-OH is 1.